The number of hydrogen-bond donors (Lipinski definition) is 1. The minimum absolute atomic E-state index is 0.0153. The number of rotatable bonds is 4. The van der Waals surface area contributed by atoms with E-state index in [2.05, 4.69) is 0 Å². The highest BCUT2D eigenvalue weighted by atomic mass is 16.5. The highest BCUT2D eigenvalue weighted by Crippen LogP contribution is 2.26. The summed E-state index contributed by atoms with van der Waals surface area (Å²) in [5.41, 5.74) is 3.48. The van der Waals surface area contributed by atoms with Crippen molar-refractivity contribution in [2.45, 2.75) is 27.2 Å². The first-order valence-corrected chi connectivity index (χ1v) is 9.93. The fraction of sp³-hybridized carbons (Fsp3) is 0.391. The standard InChI is InChI=1S/C23H28N2O4/c1-16-9-10-17(2)22(18(16)3)29-15-21(27)24-11-6-12-25(14-13-24)23(28)19-7-4-5-8-20(19)26/h4-5,7-10,26H,6,11-15H2,1-3H3. The van der Waals surface area contributed by atoms with Gasteiger partial charge in [0, 0.05) is 26.2 Å². The summed E-state index contributed by atoms with van der Waals surface area (Å²) >= 11 is 0. The Hall–Kier alpha value is -3.02. The van der Waals surface area contributed by atoms with Crippen LogP contribution in [0, 0.1) is 20.8 Å². The van der Waals surface area contributed by atoms with Crippen LogP contribution in [-0.2, 0) is 4.79 Å². The maximum atomic E-state index is 12.7. The molecule has 1 fully saturated rings. The number of aryl methyl sites for hydroxylation is 2. The molecule has 2 amide bonds. The van der Waals surface area contributed by atoms with E-state index >= 15 is 0 Å². The topological polar surface area (TPSA) is 70.1 Å². The van der Waals surface area contributed by atoms with E-state index in [1.54, 1.807) is 28.0 Å². The monoisotopic (exact) mass is 396 g/mol. The van der Waals surface area contributed by atoms with Gasteiger partial charge in [-0.05, 0) is 56.0 Å². The van der Waals surface area contributed by atoms with Crippen molar-refractivity contribution >= 4 is 11.8 Å². The van der Waals surface area contributed by atoms with E-state index in [-0.39, 0.29) is 24.2 Å². The third-order valence-corrected chi connectivity index (χ3v) is 5.48. The van der Waals surface area contributed by atoms with E-state index in [1.807, 2.05) is 32.9 Å². The molecular weight excluding hydrogens is 368 g/mol. The summed E-state index contributed by atoms with van der Waals surface area (Å²) in [6, 6.07) is 10.6. The van der Waals surface area contributed by atoms with Crippen LogP contribution in [0.15, 0.2) is 36.4 Å². The molecule has 6 nitrogen and oxygen atoms in total. The van der Waals surface area contributed by atoms with Gasteiger partial charge in [-0.15, -0.1) is 0 Å². The van der Waals surface area contributed by atoms with Crippen LogP contribution in [0.25, 0.3) is 0 Å². The SMILES string of the molecule is Cc1ccc(C)c(OCC(=O)N2CCCN(C(=O)c3ccccc3O)CC2)c1C. The first kappa shape index (κ1) is 20.7. The number of nitrogens with zero attached hydrogens (tertiary/aromatic N) is 2. The van der Waals surface area contributed by atoms with Crippen LogP contribution in [0.4, 0.5) is 0 Å². The fourth-order valence-electron chi connectivity index (χ4n) is 3.57. The molecule has 29 heavy (non-hydrogen) atoms. The zero-order chi connectivity index (χ0) is 21.0. The van der Waals surface area contributed by atoms with Crippen LogP contribution in [0.1, 0.15) is 33.5 Å². The van der Waals surface area contributed by atoms with Crippen LogP contribution < -0.4 is 4.74 Å². The van der Waals surface area contributed by atoms with Gasteiger partial charge in [0.15, 0.2) is 6.61 Å². The lowest BCUT2D eigenvalue weighted by Gasteiger charge is -2.23. The quantitative estimate of drug-likeness (QED) is 0.862. The third kappa shape index (κ3) is 4.70. The maximum absolute atomic E-state index is 12.7. The molecule has 0 spiro atoms. The molecule has 0 aliphatic carbocycles. The number of phenolic OH excluding ortho intramolecular Hbond substituents is 1. The lowest BCUT2D eigenvalue weighted by molar-refractivity contribution is -0.133. The Morgan fingerprint density at radius 1 is 0.931 bits per heavy atom. The molecule has 0 saturated carbocycles. The van der Waals surface area contributed by atoms with Crippen LogP contribution >= 0.6 is 0 Å². The minimum atomic E-state index is -0.209. The van der Waals surface area contributed by atoms with Crippen molar-refractivity contribution in [1.82, 2.24) is 9.80 Å². The fourth-order valence-corrected chi connectivity index (χ4v) is 3.57. The van der Waals surface area contributed by atoms with Gasteiger partial charge in [-0.2, -0.15) is 0 Å². The van der Waals surface area contributed by atoms with Crippen LogP contribution in [0.5, 0.6) is 11.5 Å². The van der Waals surface area contributed by atoms with Gasteiger partial charge in [-0.25, -0.2) is 0 Å². The molecule has 6 heteroatoms. The predicted octanol–water partition coefficient (Wildman–Crippen LogP) is 3.07. The predicted molar refractivity (Wildman–Crippen MR) is 111 cm³/mol. The first-order chi connectivity index (χ1) is 13.9. The lowest BCUT2D eigenvalue weighted by atomic mass is 10.1. The van der Waals surface area contributed by atoms with Gasteiger partial charge in [-0.3, -0.25) is 9.59 Å². The summed E-state index contributed by atoms with van der Waals surface area (Å²) in [4.78, 5) is 28.8. The van der Waals surface area contributed by atoms with E-state index in [4.69, 9.17) is 4.74 Å². The highest BCUT2D eigenvalue weighted by molar-refractivity contribution is 5.96. The second-order valence-corrected chi connectivity index (χ2v) is 7.49. The Balaban J connectivity index is 1.59. The van der Waals surface area contributed by atoms with E-state index < -0.39 is 0 Å². The summed E-state index contributed by atoms with van der Waals surface area (Å²) in [6.45, 7) is 7.99. The van der Waals surface area contributed by atoms with Crippen molar-refractivity contribution < 1.29 is 19.4 Å². The summed E-state index contributed by atoms with van der Waals surface area (Å²) in [5, 5.41) is 9.94. The van der Waals surface area contributed by atoms with Crippen molar-refractivity contribution in [2.75, 3.05) is 32.8 Å². The Kier molecular flexibility index (Phi) is 6.42. The van der Waals surface area contributed by atoms with Gasteiger partial charge >= 0.3 is 0 Å². The molecule has 0 unspecified atom stereocenters. The molecule has 1 N–H and O–H groups in total. The van der Waals surface area contributed by atoms with Crippen LogP contribution in [-0.4, -0.2) is 59.5 Å². The maximum Gasteiger partial charge on any atom is 0.260 e. The Labute approximate surface area is 171 Å². The minimum Gasteiger partial charge on any atom is -0.507 e. The molecule has 0 bridgehead atoms. The average molecular weight is 396 g/mol. The summed E-state index contributed by atoms with van der Waals surface area (Å²) in [7, 11) is 0. The smallest absolute Gasteiger partial charge is 0.260 e. The van der Waals surface area contributed by atoms with Crippen LogP contribution in [0.3, 0.4) is 0 Å². The van der Waals surface area contributed by atoms with E-state index in [0.29, 0.717) is 38.2 Å². The van der Waals surface area contributed by atoms with Gasteiger partial charge in [0.2, 0.25) is 0 Å². The number of benzene rings is 2. The molecule has 0 radical (unpaired) electrons. The largest absolute Gasteiger partial charge is 0.507 e. The highest BCUT2D eigenvalue weighted by Gasteiger charge is 2.24. The van der Waals surface area contributed by atoms with E-state index in [9.17, 15) is 14.7 Å². The zero-order valence-corrected chi connectivity index (χ0v) is 17.3. The lowest BCUT2D eigenvalue weighted by Crippen LogP contribution is -2.39. The van der Waals surface area contributed by atoms with E-state index in [1.165, 1.54) is 6.07 Å². The van der Waals surface area contributed by atoms with Gasteiger partial charge < -0.3 is 19.6 Å². The second-order valence-electron chi connectivity index (χ2n) is 7.49. The summed E-state index contributed by atoms with van der Waals surface area (Å²) in [6.07, 6.45) is 0.688. The van der Waals surface area contributed by atoms with Crippen molar-refractivity contribution in [3.05, 3.63) is 58.7 Å². The number of carbonyl (C=O) groups is 2. The van der Waals surface area contributed by atoms with Crippen molar-refractivity contribution in [3.8, 4) is 11.5 Å². The van der Waals surface area contributed by atoms with Gasteiger partial charge in [0.25, 0.3) is 11.8 Å². The number of amides is 2. The second kappa shape index (κ2) is 8.99. The summed E-state index contributed by atoms with van der Waals surface area (Å²) < 4.78 is 5.86. The molecule has 2 aromatic rings. The molecule has 2 aromatic carbocycles. The van der Waals surface area contributed by atoms with Crippen molar-refractivity contribution in [3.63, 3.8) is 0 Å². The van der Waals surface area contributed by atoms with Gasteiger partial charge in [-0.1, -0.05) is 24.3 Å². The molecule has 1 aliphatic heterocycles. The van der Waals surface area contributed by atoms with E-state index in [0.717, 1.165) is 22.4 Å². The third-order valence-electron chi connectivity index (χ3n) is 5.48. The molecule has 3 rings (SSSR count). The van der Waals surface area contributed by atoms with Gasteiger partial charge in [0.1, 0.15) is 11.5 Å². The molecule has 154 valence electrons. The summed E-state index contributed by atoms with van der Waals surface area (Å²) in [5.74, 6) is 0.457. The molecule has 0 atom stereocenters. The number of para-hydroxylation sites is 1. The molecular formula is C23H28N2O4. The van der Waals surface area contributed by atoms with Gasteiger partial charge in [0.05, 0.1) is 5.56 Å². The van der Waals surface area contributed by atoms with Crippen molar-refractivity contribution in [2.24, 2.45) is 0 Å². The average Bonchev–Trinajstić information content (AvgIpc) is 2.97. The zero-order valence-electron chi connectivity index (χ0n) is 17.3. The first-order valence-electron chi connectivity index (χ1n) is 9.93. The molecule has 1 aliphatic rings. The Morgan fingerprint density at radius 3 is 2.34 bits per heavy atom. The molecule has 0 aromatic heterocycles. The number of hydrogen-bond acceptors (Lipinski definition) is 4. The number of ether oxygens (including phenoxy) is 1. The normalized spacial score (nSPS) is 14.4. The number of phenols is 1. The Bertz CT molecular complexity index is 910. The Morgan fingerprint density at radius 2 is 1.59 bits per heavy atom. The number of aromatic hydroxyl groups is 1. The van der Waals surface area contributed by atoms with Crippen LogP contribution in [0.2, 0.25) is 0 Å². The van der Waals surface area contributed by atoms with Crippen molar-refractivity contribution in [1.29, 1.82) is 0 Å². The molecule has 1 saturated heterocycles. The number of carbonyl (C=O) groups excluding carboxylic acids is 2. The molecule has 1 heterocycles.